The molecule has 1 spiro atoms. The minimum atomic E-state index is 0.0873. The summed E-state index contributed by atoms with van der Waals surface area (Å²) in [4.78, 5) is 2.30. The number of thioether (sulfide) groups is 1. The number of ether oxygens (including phenoxy) is 1. The maximum Gasteiger partial charge on any atom is 0.101 e. The van der Waals surface area contributed by atoms with Gasteiger partial charge in [-0.25, -0.2) is 0 Å². The van der Waals surface area contributed by atoms with E-state index < -0.39 is 0 Å². The maximum atomic E-state index is 9.30. The van der Waals surface area contributed by atoms with Gasteiger partial charge in [0.1, 0.15) is 6.07 Å². The van der Waals surface area contributed by atoms with Crippen LogP contribution in [0.2, 0.25) is 0 Å². The molecule has 0 radical (unpaired) electrons. The fourth-order valence-corrected chi connectivity index (χ4v) is 4.73. The minimum Gasteiger partial charge on any atom is -0.375 e. The van der Waals surface area contributed by atoms with Crippen LogP contribution in [0.4, 0.5) is 5.69 Å². The molecule has 0 aromatic heterocycles. The van der Waals surface area contributed by atoms with Gasteiger partial charge in [0.25, 0.3) is 0 Å². The highest BCUT2D eigenvalue weighted by Crippen LogP contribution is 2.39. The van der Waals surface area contributed by atoms with E-state index in [0.717, 1.165) is 30.7 Å². The molecule has 2 saturated heterocycles. The molecule has 1 aromatic rings. The van der Waals surface area contributed by atoms with Gasteiger partial charge in [0.15, 0.2) is 0 Å². The Hall–Kier alpha value is -1.18. The maximum absolute atomic E-state index is 9.30. The first-order valence-electron chi connectivity index (χ1n) is 7.68. The number of para-hydroxylation sites is 1. The molecule has 1 atom stereocenters. The summed E-state index contributed by atoms with van der Waals surface area (Å²) in [7, 11) is 2.12. The predicted octanol–water partition coefficient (Wildman–Crippen LogP) is 3.44. The number of nitriles is 1. The second-order valence-corrected chi connectivity index (χ2v) is 7.26. The molecular weight excluding hydrogens is 280 g/mol. The number of rotatable bonds is 2. The van der Waals surface area contributed by atoms with Crippen LogP contribution in [0.1, 0.15) is 31.2 Å². The first kappa shape index (κ1) is 14.7. The molecule has 3 rings (SSSR count). The lowest BCUT2D eigenvalue weighted by molar-refractivity contribution is -0.0892. The summed E-state index contributed by atoms with van der Waals surface area (Å²) in [6, 6.07) is 10.7. The lowest BCUT2D eigenvalue weighted by Crippen LogP contribution is -2.49. The van der Waals surface area contributed by atoms with E-state index in [1.165, 1.54) is 24.3 Å². The highest BCUT2D eigenvalue weighted by atomic mass is 32.2. The normalized spacial score (nSPS) is 24.5. The van der Waals surface area contributed by atoms with Crippen molar-refractivity contribution < 1.29 is 4.74 Å². The van der Waals surface area contributed by atoms with E-state index in [9.17, 15) is 5.26 Å². The van der Waals surface area contributed by atoms with E-state index in [0.29, 0.717) is 6.04 Å². The Bertz CT molecular complexity index is 528. The number of nitrogens with zero attached hydrogens (tertiary/aromatic N) is 2. The Morgan fingerprint density at radius 2 is 2.10 bits per heavy atom. The van der Waals surface area contributed by atoms with Crippen molar-refractivity contribution >= 4 is 17.4 Å². The standard InChI is InChI=1S/C17H22N2OS/c1-19(16-5-3-2-4-14(16)13-18)15-6-9-20-17(12-15)7-10-21-11-8-17/h2-5,15H,6-12H2,1H3. The highest BCUT2D eigenvalue weighted by molar-refractivity contribution is 7.99. The van der Waals surface area contributed by atoms with Gasteiger partial charge in [-0.1, -0.05) is 12.1 Å². The zero-order valence-corrected chi connectivity index (χ0v) is 13.4. The van der Waals surface area contributed by atoms with Gasteiger partial charge in [-0.2, -0.15) is 17.0 Å². The molecular formula is C17H22N2OS. The second-order valence-electron chi connectivity index (χ2n) is 6.03. The Morgan fingerprint density at radius 1 is 1.33 bits per heavy atom. The smallest absolute Gasteiger partial charge is 0.101 e. The van der Waals surface area contributed by atoms with Crippen LogP contribution in [0.3, 0.4) is 0 Å². The predicted molar refractivity (Wildman–Crippen MR) is 87.8 cm³/mol. The Balaban J connectivity index is 1.78. The summed E-state index contributed by atoms with van der Waals surface area (Å²) in [6.45, 7) is 0.842. The summed E-state index contributed by atoms with van der Waals surface area (Å²) >= 11 is 2.04. The van der Waals surface area contributed by atoms with E-state index >= 15 is 0 Å². The number of hydrogen-bond donors (Lipinski definition) is 0. The van der Waals surface area contributed by atoms with E-state index in [2.05, 4.69) is 24.1 Å². The zero-order chi connectivity index (χ0) is 14.7. The summed E-state index contributed by atoms with van der Waals surface area (Å²) in [6.07, 6.45) is 4.47. The van der Waals surface area contributed by atoms with Crippen LogP contribution in [0, 0.1) is 11.3 Å². The largest absolute Gasteiger partial charge is 0.375 e. The van der Waals surface area contributed by atoms with Crippen LogP contribution in [0.5, 0.6) is 0 Å². The monoisotopic (exact) mass is 302 g/mol. The molecule has 4 heteroatoms. The third-order valence-electron chi connectivity index (χ3n) is 4.82. The SMILES string of the molecule is CN(c1ccccc1C#N)C1CCOC2(CCSCC2)C1. The summed E-state index contributed by atoms with van der Waals surface area (Å²) < 4.78 is 6.17. The van der Waals surface area contributed by atoms with Gasteiger partial charge < -0.3 is 9.64 Å². The van der Waals surface area contributed by atoms with Crippen molar-refractivity contribution in [3.63, 3.8) is 0 Å². The summed E-state index contributed by atoms with van der Waals surface area (Å²) in [5.74, 6) is 2.43. The molecule has 112 valence electrons. The van der Waals surface area contributed by atoms with E-state index in [1.54, 1.807) is 0 Å². The quantitative estimate of drug-likeness (QED) is 0.838. The molecule has 0 aliphatic carbocycles. The molecule has 2 fully saturated rings. The second kappa shape index (κ2) is 6.29. The first-order valence-corrected chi connectivity index (χ1v) is 8.83. The van der Waals surface area contributed by atoms with Gasteiger partial charge in [-0.3, -0.25) is 0 Å². The van der Waals surface area contributed by atoms with Crippen molar-refractivity contribution in [3.8, 4) is 6.07 Å². The Morgan fingerprint density at radius 3 is 2.86 bits per heavy atom. The van der Waals surface area contributed by atoms with Gasteiger partial charge in [0.2, 0.25) is 0 Å². The molecule has 2 heterocycles. The highest BCUT2D eigenvalue weighted by Gasteiger charge is 2.40. The summed E-state index contributed by atoms with van der Waals surface area (Å²) in [5.41, 5.74) is 1.90. The van der Waals surface area contributed by atoms with Crippen molar-refractivity contribution in [2.75, 3.05) is 30.1 Å². The van der Waals surface area contributed by atoms with Crippen LogP contribution >= 0.6 is 11.8 Å². The number of anilines is 1. The van der Waals surface area contributed by atoms with Crippen molar-refractivity contribution in [1.82, 2.24) is 0 Å². The zero-order valence-electron chi connectivity index (χ0n) is 12.5. The molecule has 2 aliphatic heterocycles. The Labute approximate surface area is 131 Å². The van der Waals surface area contributed by atoms with Gasteiger partial charge in [-0.15, -0.1) is 0 Å². The fraction of sp³-hybridized carbons (Fsp3) is 0.588. The Kier molecular flexibility index (Phi) is 4.42. The van der Waals surface area contributed by atoms with Crippen LogP contribution in [0.25, 0.3) is 0 Å². The number of benzene rings is 1. The van der Waals surface area contributed by atoms with Gasteiger partial charge >= 0.3 is 0 Å². The molecule has 2 aliphatic rings. The third-order valence-corrected chi connectivity index (χ3v) is 5.81. The molecule has 0 N–H and O–H groups in total. The van der Waals surface area contributed by atoms with Crippen LogP contribution < -0.4 is 4.90 Å². The van der Waals surface area contributed by atoms with Crippen LogP contribution in [-0.4, -0.2) is 36.8 Å². The molecule has 1 aromatic carbocycles. The van der Waals surface area contributed by atoms with Crippen LogP contribution in [0.15, 0.2) is 24.3 Å². The minimum absolute atomic E-state index is 0.0873. The third kappa shape index (κ3) is 3.04. The number of hydrogen-bond acceptors (Lipinski definition) is 4. The van der Waals surface area contributed by atoms with E-state index in [4.69, 9.17) is 4.74 Å². The van der Waals surface area contributed by atoms with Gasteiger partial charge in [0.05, 0.1) is 16.9 Å². The molecule has 1 unspecified atom stereocenters. The lowest BCUT2D eigenvalue weighted by atomic mass is 9.84. The van der Waals surface area contributed by atoms with E-state index in [1.807, 2.05) is 30.0 Å². The first-order chi connectivity index (χ1) is 10.2. The van der Waals surface area contributed by atoms with Crippen molar-refractivity contribution in [1.29, 1.82) is 5.26 Å². The molecule has 3 nitrogen and oxygen atoms in total. The van der Waals surface area contributed by atoms with Crippen LogP contribution in [-0.2, 0) is 4.74 Å². The molecule has 0 amide bonds. The van der Waals surface area contributed by atoms with Crippen molar-refractivity contribution in [3.05, 3.63) is 29.8 Å². The average molecular weight is 302 g/mol. The van der Waals surface area contributed by atoms with Gasteiger partial charge in [-0.05, 0) is 49.3 Å². The lowest BCUT2D eigenvalue weighted by Gasteiger charge is -2.46. The molecule has 21 heavy (non-hydrogen) atoms. The fourth-order valence-electron chi connectivity index (χ4n) is 3.50. The molecule has 0 saturated carbocycles. The van der Waals surface area contributed by atoms with E-state index in [-0.39, 0.29) is 5.60 Å². The summed E-state index contributed by atoms with van der Waals surface area (Å²) in [5, 5.41) is 9.30. The molecule has 0 bridgehead atoms. The topological polar surface area (TPSA) is 36.3 Å². The van der Waals surface area contributed by atoms with Crippen molar-refractivity contribution in [2.45, 2.75) is 37.3 Å². The van der Waals surface area contributed by atoms with Crippen molar-refractivity contribution in [2.24, 2.45) is 0 Å². The average Bonchev–Trinajstić information content (AvgIpc) is 2.55. The van der Waals surface area contributed by atoms with Gasteiger partial charge in [0, 0.05) is 19.7 Å².